The number of phenols is 1. The zero-order valence-corrected chi connectivity index (χ0v) is 14.3. The lowest BCUT2D eigenvalue weighted by atomic mass is 9.90. The molecule has 5 heteroatoms. The molecule has 1 atom stereocenters. The first kappa shape index (κ1) is 16.6. The Hall–Kier alpha value is -2.27. The lowest BCUT2D eigenvalue weighted by molar-refractivity contribution is -0.0253. The van der Waals surface area contributed by atoms with E-state index in [0.29, 0.717) is 23.3 Å². The second-order valence-corrected chi connectivity index (χ2v) is 7.00. The average molecular weight is 330 g/mol. The van der Waals surface area contributed by atoms with Crippen LogP contribution >= 0.6 is 0 Å². The van der Waals surface area contributed by atoms with Crippen molar-refractivity contribution in [3.8, 4) is 17.2 Å². The second-order valence-electron chi connectivity index (χ2n) is 7.00. The molecule has 0 amide bonds. The smallest absolute Gasteiger partial charge is 0.204 e. The number of aliphatic hydroxyl groups excluding tert-OH is 1. The average Bonchev–Trinajstić information content (AvgIpc) is 2.44. The van der Waals surface area contributed by atoms with Crippen LogP contribution in [-0.4, -0.2) is 27.9 Å². The number of fused-ring (bicyclic) bond motifs is 3. The summed E-state index contributed by atoms with van der Waals surface area (Å²) in [4.78, 5) is 12.3. The summed E-state index contributed by atoms with van der Waals surface area (Å²) >= 11 is 0. The van der Waals surface area contributed by atoms with Crippen molar-refractivity contribution >= 4 is 11.9 Å². The standard InChI is InChI=1S/C19H22O5/c1-10(2)5-6-11-16(22)15-13(20)9-14(21)23-18(15)12-7-8-19(3,4)24-17(11)12/h5,7-8,14,21-22H,6,9H2,1-4H3. The molecule has 2 heterocycles. The number of benzene rings is 1. The first-order chi connectivity index (χ1) is 11.2. The van der Waals surface area contributed by atoms with Crippen LogP contribution in [0, 0.1) is 0 Å². The minimum atomic E-state index is -1.21. The van der Waals surface area contributed by atoms with Crippen LogP contribution in [0.5, 0.6) is 17.2 Å². The Labute approximate surface area is 141 Å². The summed E-state index contributed by atoms with van der Waals surface area (Å²) in [6.07, 6.45) is 4.74. The molecule has 2 aliphatic heterocycles. The third kappa shape index (κ3) is 2.80. The first-order valence-electron chi connectivity index (χ1n) is 8.01. The Morgan fingerprint density at radius 1 is 1.38 bits per heavy atom. The fourth-order valence-corrected chi connectivity index (χ4v) is 2.93. The van der Waals surface area contributed by atoms with Crippen molar-refractivity contribution in [3.05, 3.63) is 34.4 Å². The predicted molar refractivity (Wildman–Crippen MR) is 90.6 cm³/mol. The molecule has 0 saturated heterocycles. The Morgan fingerprint density at radius 2 is 2.08 bits per heavy atom. The van der Waals surface area contributed by atoms with E-state index < -0.39 is 11.9 Å². The quantitative estimate of drug-likeness (QED) is 0.813. The number of hydrogen-bond acceptors (Lipinski definition) is 5. The van der Waals surface area contributed by atoms with Gasteiger partial charge in [-0.2, -0.15) is 0 Å². The zero-order valence-electron chi connectivity index (χ0n) is 14.3. The van der Waals surface area contributed by atoms with E-state index in [-0.39, 0.29) is 29.3 Å². The molecule has 0 spiro atoms. The number of hydrogen-bond donors (Lipinski definition) is 2. The van der Waals surface area contributed by atoms with Crippen LogP contribution in [0.25, 0.3) is 6.08 Å². The molecular weight excluding hydrogens is 308 g/mol. The summed E-state index contributed by atoms with van der Waals surface area (Å²) < 4.78 is 11.5. The van der Waals surface area contributed by atoms with Crippen LogP contribution in [0.4, 0.5) is 0 Å². The van der Waals surface area contributed by atoms with Gasteiger partial charge in [-0.15, -0.1) is 0 Å². The molecule has 24 heavy (non-hydrogen) atoms. The number of rotatable bonds is 2. The minimum absolute atomic E-state index is 0.121. The predicted octanol–water partition coefficient (Wildman–Crippen LogP) is 3.37. The fraction of sp³-hybridized carbons (Fsp3) is 0.421. The zero-order chi connectivity index (χ0) is 17.6. The van der Waals surface area contributed by atoms with Crippen LogP contribution in [-0.2, 0) is 6.42 Å². The van der Waals surface area contributed by atoms with Crippen molar-refractivity contribution in [1.29, 1.82) is 0 Å². The molecule has 5 nitrogen and oxygen atoms in total. The SMILES string of the molecule is CC(C)=CCc1c(O)c2c(c3c1OC(C)(C)C=C3)OC(O)CC2=O. The molecule has 0 fully saturated rings. The molecule has 2 N–H and O–H groups in total. The maximum atomic E-state index is 12.3. The van der Waals surface area contributed by atoms with Crippen LogP contribution in [0.2, 0.25) is 0 Å². The summed E-state index contributed by atoms with van der Waals surface area (Å²) in [5, 5.41) is 20.5. The molecule has 0 aliphatic carbocycles. The van der Waals surface area contributed by atoms with Gasteiger partial charge in [0.2, 0.25) is 6.29 Å². The van der Waals surface area contributed by atoms with Gasteiger partial charge in [-0.1, -0.05) is 11.6 Å². The van der Waals surface area contributed by atoms with E-state index in [1.807, 2.05) is 45.9 Å². The summed E-state index contributed by atoms with van der Waals surface area (Å²) in [6.45, 7) is 7.76. The Kier molecular flexibility index (Phi) is 3.92. The number of Topliss-reactive ketones (excluding diaryl/α,β-unsaturated/α-hetero) is 1. The molecule has 1 aromatic rings. The van der Waals surface area contributed by atoms with Gasteiger partial charge in [0.05, 0.1) is 12.0 Å². The van der Waals surface area contributed by atoms with Crippen LogP contribution in [0.1, 0.15) is 55.6 Å². The van der Waals surface area contributed by atoms with E-state index in [0.717, 1.165) is 5.57 Å². The number of ether oxygens (including phenoxy) is 2. The highest BCUT2D eigenvalue weighted by molar-refractivity contribution is 6.04. The number of ketones is 1. The number of aliphatic hydroxyl groups is 1. The largest absolute Gasteiger partial charge is 0.507 e. The highest BCUT2D eigenvalue weighted by atomic mass is 16.6. The lowest BCUT2D eigenvalue weighted by Crippen LogP contribution is -2.31. The molecule has 1 aromatic carbocycles. The third-order valence-corrected chi connectivity index (χ3v) is 4.14. The van der Waals surface area contributed by atoms with E-state index in [4.69, 9.17) is 9.47 Å². The fourth-order valence-electron chi connectivity index (χ4n) is 2.93. The van der Waals surface area contributed by atoms with Gasteiger partial charge in [0.25, 0.3) is 0 Å². The molecule has 1 unspecified atom stereocenters. The van der Waals surface area contributed by atoms with E-state index in [9.17, 15) is 15.0 Å². The number of carbonyl (C=O) groups excluding carboxylic acids is 1. The summed E-state index contributed by atoms with van der Waals surface area (Å²) in [5.41, 5.74) is 1.85. The molecule has 128 valence electrons. The van der Waals surface area contributed by atoms with Gasteiger partial charge >= 0.3 is 0 Å². The number of phenolic OH excluding ortho intramolecular Hbond substituents is 1. The van der Waals surface area contributed by atoms with E-state index in [2.05, 4.69) is 0 Å². The van der Waals surface area contributed by atoms with Crippen LogP contribution < -0.4 is 9.47 Å². The maximum absolute atomic E-state index is 12.3. The summed E-state index contributed by atoms with van der Waals surface area (Å²) in [6, 6.07) is 0. The third-order valence-electron chi connectivity index (χ3n) is 4.14. The van der Waals surface area contributed by atoms with Gasteiger partial charge in [-0.05, 0) is 46.3 Å². The molecule has 0 aromatic heterocycles. The summed E-state index contributed by atoms with van der Waals surface area (Å²) in [5.74, 6) is 0.238. The van der Waals surface area contributed by atoms with Crippen molar-refractivity contribution in [3.63, 3.8) is 0 Å². The van der Waals surface area contributed by atoms with Crippen molar-refractivity contribution in [2.45, 2.75) is 52.4 Å². The molecular formula is C19H22O5. The number of allylic oxidation sites excluding steroid dienone is 2. The molecule has 2 aliphatic rings. The van der Waals surface area contributed by atoms with Gasteiger partial charge in [0, 0.05) is 5.56 Å². The van der Waals surface area contributed by atoms with Gasteiger partial charge < -0.3 is 19.7 Å². The highest BCUT2D eigenvalue weighted by Crippen LogP contribution is 2.49. The van der Waals surface area contributed by atoms with E-state index in [1.165, 1.54) is 0 Å². The van der Waals surface area contributed by atoms with E-state index in [1.54, 1.807) is 0 Å². The number of aromatic hydroxyl groups is 1. The normalized spacial score (nSPS) is 20.5. The first-order valence-corrected chi connectivity index (χ1v) is 8.01. The topological polar surface area (TPSA) is 76.0 Å². The molecule has 0 radical (unpaired) electrons. The molecule has 0 saturated carbocycles. The second kappa shape index (κ2) is 5.67. The summed E-state index contributed by atoms with van der Waals surface area (Å²) in [7, 11) is 0. The van der Waals surface area contributed by atoms with Crippen molar-refractivity contribution in [2.24, 2.45) is 0 Å². The minimum Gasteiger partial charge on any atom is -0.507 e. The van der Waals surface area contributed by atoms with Gasteiger partial charge in [0.15, 0.2) is 5.78 Å². The van der Waals surface area contributed by atoms with Gasteiger partial charge in [-0.25, -0.2) is 0 Å². The maximum Gasteiger partial charge on any atom is 0.204 e. The molecule has 0 bridgehead atoms. The van der Waals surface area contributed by atoms with Gasteiger partial charge in [-0.3, -0.25) is 4.79 Å². The van der Waals surface area contributed by atoms with Crippen LogP contribution in [0.3, 0.4) is 0 Å². The number of carbonyl (C=O) groups is 1. The molecule has 3 rings (SSSR count). The Morgan fingerprint density at radius 3 is 2.75 bits per heavy atom. The van der Waals surface area contributed by atoms with Crippen molar-refractivity contribution in [2.75, 3.05) is 0 Å². The van der Waals surface area contributed by atoms with Crippen LogP contribution in [0.15, 0.2) is 17.7 Å². The van der Waals surface area contributed by atoms with Gasteiger partial charge in [0.1, 0.15) is 28.4 Å². The highest BCUT2D eigenvalue weighted by Gasteiger charge is 2.37. The monoisotopic (exact) mass is 330 g/mol. The van der Waals surface area contributed by atoms with Crippen molar-refractivity contribution < 1.29 is 24.5 Å². The van der Waals surface area contributed by atoms with Crippen molar-refractivity contribution in [1.82, 2.24) is 0 Å². The Balaban J connectivity index is 2.27. The lowest BCUT2D eigenvalue weighted by Gasteiger charge is -2.33. The Bertz CT molecular complexity index is 767. The van der Waals surface area contributed by atoms with E-state index >= 15 is 0 Å².